The third kappa shape index (κ3) is 3.69. The van der Waals surface area contributed by atoms with E-state index >= 15 is 0 Å². The number of rotatable bonds is 4. The maximum absolute atomic E-state index is 13.7. The molecule has 0 bridgehead atoms. The number of fused-ring (bicyclic) bond motifs is 3. The Labute approximate surface area is 206 Å². The van der Waals surface area contributed by atoms with E-state index < -0.39 is 0 Å². The predicted octanol–water partition coefficient (Wildman–Crippen LogP) is 3.98. The summed E-state index contributed by atoms with van der Waals surface area (Å²) in [5.41, 5.74) is 3.61. The van der Waals surface area contributed by atoms with E-state index in [-0.39, 0.29) is 29.8 Å². The van der Waals surface area contributed by atoms with Gasteiger partial charge in [-0.2, -0.15) is 4.98 Å². The van der Waals surface area contributed by atoms with Gasteiger partial charge in [0, 0.05) is 32.2 Å². The highest BCUT2D eigenvalue weighted by molar-refractivity contribution is 5.86. The van der Waals surface area contributed by atoms with Crippen LogP contribution in [-0.2, 0) is 7.05 Å². The number of nitrogens with zero attached hydrogens (tertiary/aromatic N) is 8. The Morgan fingerprint density at radius 3 is 2.14 bits per heavy atom. The van der Waals surface area contributed by atoms with Gasteiger partial charge in [0.15, 0.2) is 11.5 Å². The lowest BCUT2D eigenvalue weighted by atomic mass is 9.93. The second-order valence-electron chi connectivity index (χ2n) is 9.52. The minimum absolute atomic E-state index is 0.0904. The van der Waals surface area contributed by atoms with Gasteiger partial charge < -0.3 is 9.47 Å². The molecule has 0 N–H and O–H groups in total. The molecule has 2 atom stereocenters. The Hall–Kier alpha value is -3.92. The molecule has 1 fully saturated rings. The number of imidazole rings is 1. The Kier molecular flexibility index (Phi) is 5.40. The van der Waals surface area contributed by atoms with Crippen LogP contribution in [0.3, 0.4) is 0 Å². The fraction of sp³-hybridized carbons (Fsp3) is 0.308. The number of benzene rings is 2. The van der Waals surface area contributed by atoms with Gasteiger partial charge in [-0.3, -0.25) is 4.90 Å². The molecule has 0 spiro atoms. The van der Waals surface area contributed by atoms with Gasteiger partial charge in [0.1, 0.15) is 23.5 Å². The first-order valence-electron chi connectivity index (χ1n) is 11.9. The summed E-state index contributed by atoms with van der Waals surface area (Å²) in [6.07, 6.45) is 3.43. The monoisotopic (exact) mass is 488 g/mol. The van der Waals surface area contributed by atoms with Crippen LogP contribution in [0.1, 0.15) is 31.0 Å². The lowest BCUT2D eigenvalue weighted by Crippen LogP contribution is -2.57. The van der Waals surface area contributed by atoms with Crippen molar-refractivity contribution in [2.45, 2.75) is 32.0 Å². The SMILES string of the molecule is C[C@@H]1CN(c2nc3nncn3c3c2ncn3C)[C@@H](C)CN1C(c1ccc(F)cc1)c1ccc(F)cc1. The molecule has 4 heterocycles. The third-order valence-electron chi connectivity index (χ3n) is 7.09. The quantitative estimate of drug-likeness (QED) is 0.381. The largest absolute Gasteiger partial charge is 0.349 e. The molecule has 3 aromatic heterocycles. The van der Waals surface area contributed by atoms with Crippen LogP contribution in [0.4, 0.5) is 14.6 Å². The molecule has 0 saturated carbocycles. The van der Waals surface area contributed by atoms with Crippen molar-refractivity contribution in [1.29, 1.82) is 0 Å². The van der Waals surface area contributed by atoms with Crippen molar-refractivity contribution in [2.24, 2.45) is 7.05 Å². The average molecular weight is 489 g/mol. The van der Waals surface area contributed by atoms with E-state index in [0.29, 0.717) is 18.9 Å². The number of piperazine rings is 1. The van der Waals surface area contributed by atoms with Crippen LogP contribution in [0.5, 0.6) is 0 Å². The normalized spacial score (nSPS) is 19.1. The molecular formula is C26H26F2N8. The topological polar surface area (TPSA) is 67.4 Å². The van der Waals surface area contributed by atoms with Crippen molar-refractivity contribution in [3.05, 3.63) is 83.9 Å². The van der Waals surface area contributed by atoms with Crippen LogP contribution in [0.25, 0.3) is 16.9 Å². The zero-order valence-corrected chi connectivity index (χ0v) is 20.3. The number of halogens is 2. The Bertz CT molecular complexity index is 1480. The summed E-state index contributed by atoms with van der Waals surface area (Å²) in [7, 11) is 1.94. The third-order valence-corrected chi connectivity index (χ3v) is 7.09. The molecule has 1 saturated heterocycles. The summed E-state index contributed by atoms with van der Waals surface area (Å²) < 4.78 is 31.3. The molecule has 2 aromatic carbocycles. The molecule has 0 unspecified atom stereocenters. The van der Waals surface area contributed by atoms with Gasteiger partial charge in [-0.05, 0) is 49.2 Å². The highest BCUT2D eigenvalue weighted by Crippen LogP contribution is 2.36. The van der Waals surface area contributed by atoms with Gasteiger partial charge >= 0.3 is 0 Å². The molecule has 1 aliphatic heterocycles. The molecule has 1 aliphatic rings. The number of hydrogen-bond donors (Lipinski definition) is 0. The number of hydrogen-bond acceptors (Lipinski definition) is 6. The summed E-state index contributed by atoms with van der Waals surface area (Å²) in [5, 5.41) is 8.22. The van der Waals surface area contributed by atoms with E-state index in [1.165, 1.54) is 24.3 Å². The van der Waals surface area contributed by atoms with E-state index in [2.05, 4.69) is 38.8 Å². The van der Waals surface area contributed by atoms with E-state index in [4.69, 9.17) is 4.98 Å². The van der Waals surface area contributed by atoms with Crippen LogP contribution in [0, 0.1) is 11.6 Å². The smallest absolute Gasteiger partial charge is 0.258 e. The van der Waals surface area contributed by atoms with Gasteiger partial charge in [-0.25, -0.2) is 18.2 Å². The Morgan fingerprint density at radius 2 is 1.50 bits per heavy atom. The zero-order chi connectivity index (χ0) is 25.0. The molecule has 6 rings (SSSR count). The Morgan fingerprint density at radius 1 is 0.861 bits per heavy atom. The maximum Gasteiger partial charge on any atom is 0.258 e. The second kappa shape index (κ2) is 8.63. The van der Waals surface area contributed by atoms with E-state index in [1.54, 1.807) is 12.7 Å². The van der Waals surface area contributed by atoms with E-state index in [1.807, 2.05) is 40.3 Å². The standard InChI is InChI=1S/C26H26F2N8/c1-16-13-35(24-22-25(33(3)14-29-22)36-15-30-32-26(36)31-24)17(2)12-34(16)23(18-4-8-20(27)9-5-18)19-6-10-21(28)11-7-19/h4-11,14-17,23H,12-13H2,1-3H3/t16-,17+/m1/s1. The summed E-state index contributed by atoms with van der Waals surface area (Å²) >= 11 is 0. The van der Waals surface area contributed by atoms with Crippen molar-refractivity contribution in [3.63, 3.8) is 0 Å². The van der Waals surface area contributed by atoms with Gasteiger partial charge in [0.05, 0.1) is 12.4 Å². The first-order chi connectivity index (χ1) is 17.4. The first-order valence-corrected chi connectivity index (χ1v) is 11.9. The minimum Gasteiger partial charge on any atom is -0.349 e. The van der Waals surface area contributed by atoms with Crippen molar-refractivity contribution < 1.29 is 8.78 Å². The number of aromatic nitrogens is 6. The molecule has 5 aromatic rings. The number of anilines is 1. The van der Waals surface area contributed by atoms with Gasteiger partial charge in [0.2, 0.25) is 0 Å². The zero-order valence-electron chi connectivity index (χ0n) is 20.3. The summed E-state index contributed by atoms with van der Waals surface area (Å²) in [4.78, 5) is 14.1. The van der Waals surface area contributed by atoms with Gasteiger partial charge in [-0.15, -0.1) is 10.2 Å². The van der Waals surface area contributed by atoms with Crippen molar-refractivity contribution in [2.75, 3.05) is 18.0 Å². The van der Waals surface area contributed by atoms with Crippen molar-refractivity contribution in [1.82, 2.24) is 34.0 Å². The highest BCUT2D eigenvalue weighted by Gasteiger charge is 2.36. The summed E-state index contributed by atoms with van der Waals surface area (Å²) in [6, 6.07) is 13.2. The molecule has 0 radical (unpaired) electrons. The molecule has 184 valence electrons. The summed E-state index contributed by atoms with van der Waals surface area (Å²) in [5.74, 6) is 0.749. The van der Waals surface area contributed by atoms with Crippen molar-refractivity contribution >= 4 is 22.8 Å². The molecule has 8 nitrogen and oxygen atoms in total. The van der Waals surface area contributed by atoms with Crippen molar-refractivity contribution in [3.8, 4) is 0 Å². The van der Waals surface area contributed by atoms with Crippen LogP contribution in [0.15, 0.2) is 61.2 Å². The first kappa shape index (κ1) is 22.5. The van der Waals surface area contributed by atoms with Crippen LogP contribution in [-0.4, -0.2) is 59.2 Å². The maximum atomic E-state index is 13.7. The average Bonchev–Trinajstić information content (AvgIpc) is 3.49. The second-order valence-corrected chi connectivity index (χ2v) is 9.52. The minimum atomic E-state index is -0.280. The van der Waals surface area contributed by atoms with Crippen LogP contribution in [0.2, 0.25) is 0 Å². The molecule has 0 amide bonds. The Balaban J connectivity index is 1.39. The van der Waals surface area contributed by atoms with Gasteiger partial charge in [0.25, 0.3) is 5.78 Å². The van der Waals surface area contributed by atoms with E-state index in [0.717, 1.165) is 28.1 Å². The molecule has 0 aliphatic carbocycles. The molecule has 36 heavy (non-hydrogen) atoms. The van der Waals surface area contributed by atoms with Crippen LogP contribution < -0.4 is 4.90 Å². The molecular weight excluding hydrogens is 462 g/mol. The van der Waals surface area contributed by atoms with Crippen LogP contribution >= 0.6 is 0 Å². The fourth-order valence-electron chi connectivity index (χ4n) is 5.34. The lowest BCUT2D eigenvalue weighted by Gasteiger charge is -2.48. The molecule has 10 heteroatoms. The number of aryl methyl sites for hydroxylation is 1. The fourth-order valence-corrected chi connectivity index (χ4v) is 5.34. The van der Waals surface area contributed by atoms with E-state index in [9.17, 15) is 8.78 Å². The van der Waals surface area contributed by atoms with Gasteiger partial charge in [-0.1, -0.05) is 24.3 Å². The summed E-state index contributed by atoms with van der Waals surface area (Å²) in [6.45, 7) is 5.75. The highest BCUT2D eigenvalue weighted by atomic mass is 19.1. The lowest BCUT2D eigenvalue weighted by molar-refractivity contribution is 0.129. The predicted molar refractivity (Wildman–Crippen MR) is 133 cm³/mol.